The van der Waals surface area contributed by atoms with Gasteiger partial charge < -0.3 is 15.8 Å². The summed E-state index contributed by atoms with van der Waals surface area (Å²) < 4.78 is 5.36. The van der Waals surface area contributed by atoms with Crippen molar-refractivity contribution in [1.82, 2.24) is 5.32 Å². The smallest absolute Gasteiger partial charge is 0.257 e. The average molecular weight is 299 g/mol. The lowest BCUT2D eigenvalue weighted by Crippen LogP contribution is -2.30. The quantitative estimate of drug-likeness (QED) is 0.787. The Balaban J connectivity index is 1.83. The van der Waals surface area contributed by atoms with Crippen molar-refractivity contribution in [2.75, 3.05) is 13.2 Å². The molecule has 1 fully saturated rings. The highest BCUT2D eigenvalue weighted by Gasteiger charge is 2.21. The lowest BCUT2D eigenvalue weighted by Gasteiger charge is -2.09. The van der Waals surface area contributed by atoms with E-state index in [2.05, 4.69) is 5.32 Å². The maximum absolute atomic E-state index is 11.5. The topological polar surface area (TPSA) is 64.3 Å². The minimum Gasteiger partial charge on any atom is -0.484 e. The van der Waals surface area contributed by atoms with Crippen molar-refractivity contribution in [3.05, 3.63) is 28.8 Å². The van der Waals surface area contributed by atoms with Crippen LogP contribution in [0.15, 0.2) is 18.2 Å². The summed E-state index contributed by atoms with van der Waals surface area (Å²) in [6.07, 6.45) is 2.41. The van der Waals surface area contributed by atoms with Gasteiger partial charge in [-0.2, -0.15) is 0 Å². The molecule has 2 rings (SSSR count). The number of hydrogen-bond acceptors (Lipinski definition) is 3. The minimum absolute atomic E-state index is 0.0184. The molecule has 1 aliphatic rings. The highest BCUT2D eigenvalue weighted by molar-refractivity contribution is 7.80. The first-order valence-electron chi connectivity index (χ1n) is 6.05. The SMILES string of the molecule is NC(=S)c1ccc(OCC(=O)NCC2CC2)cc1Cl. The zero-order valence-corrected chi connectivity index (χ0v) is 11.9. The van der Waals surface area contributed by atoms with Gasteiger partial charge in [0.2, 0.25) is 0 Å². The molecule has 0 saturated heterocycles. The summed E-state index contributed by atoms with van der Waals surface area (Å²) in [4.78, 5) is 11.7. The molecule has 1 aliphatic carbocycles. The Morgan fingerprint density at radius 2 is 2.26 bits per heavy atom. The molecule has 0 heterocycles. The second-order valence-corrected chi connectivity index (χ2v) is 5.39. The lowest BCUT2D eigenvalue weighted by atomic mass is 10.2. The normalized spacial score (nSPS) is 13.9. The number of nitrogens with one attached hydrogen (secondary N) is 1. The first-order chi connectivity index (χ1) is 9.06. The van der Waals surface area contributed by atoms with Crippen molar-refractivity contribution in [3.8, 4) is 5.75 Å². The summed E-state index contributed by atoms with van der Waals surface area (Å²) in [6, 6.07) is 4.97. The number of thiocarbonyl (C=S) groups is 1. The molecule has 0 radical (unpaired) electrons. The number of benzene rings is 1. The van der Waals surface area contributed by atoms with Gasteiger partial charge in [0.15, 0.2) is 6.61 Å². The molecule has 6 heteroatoms. The Hall–Kier alpha value is -1.33. The lowest BCUT2D eigenvalue weighted by molar-refractivity contribution is -0.123. The summed E-state index contributed by atoms with van der Waals surface area (Å²) in [5, 5.41) is 3.24. The Bertz CT molecular complexity index is 503. The van der Waals surface area contributed by atoms with Crippen LogP contribution >= 0.6 is 23.8 Å². The second kappa shape index (κ2) is 6.21. The van der Waals surface area contributed by atoms with Crippen LogP contribution in [0.1, 0.15) is 18.4 Å². The van der Waals surface area contributed by atoms with E-state index in [1.165, 1.54) is 12.8 Å². The zero-order valence-electron chi connectivity index (χ0n) is 10.3. The maximum Gasteiger partial charge on any atom is 0.257 e. The number of ether oxygens (including phenoxy) is 1. The third kappa shape index (κ3) is 4.36. The van der Waals surface area contributed by atoms with E-state index in [0.717, 1.165) is 6.54 Å². The van der Waals surface area contributed by atoms with E-state index >= 15 is 0 Å². The van der Waals surface area contributed by atoms with E-state index in [-0.39, 0.29) is 17.5 Å². The monoisotopic (exact) mass is 298 g/mol. The molecule has 19 heavy (non-hydrogen) atoms. The number of nitrogens with two attached hydrogens (primary N) is 1. The maximum atomic E-state index is 11.5. The van der Waals surface area contributed by atoms with Gasteiger partial charge in [0.05, 0.1) is 5.02 Å². The van der Waals surface area contributed by atoms with Gasteiger partial charge in [-0.25, -0.2) is 0 Å². The molecule has 0 bridgehead atoms. The minimum atomic E-state index is -0.124. The number of hydrogen-bond donors (Lipinski definition) is 2. The molecule has 3 N–H and O–H groups in total. The van der Waals surface area contributed by atoms with Crippen molar-refractivity contribution >= 4 is 34.7 Å². The highest BCUT2D eigenvalue weighted by Crippen LogP contribution is 2.27. The molecular weight excluding hydrogens is 284 g/mol. The molecule has 0 spiro atoms. The van der Waals surface area contributed by atoms with Gasteiger partial charge in [0, 0.05) is 12.1 Å². The van der Waals surface area contributed by atoms with E-state index in [1.54, 1.807) is 18.2 Å². The predicted molar refractivity (Wildman–Crippen MR) is 78.6 cm³/mol. The van der Waals surface area contributed by atoms with Gasteiger partial charge in [0.25, 0.3) is 5.91 Å². The number of halogens is 1. The van der Waals surface area contributed by atoms with Crippen LogP contribution in [0.3, 0.4) is 0 Å². The van der Waals surface area contributed by atoms with Crippen LogP contribution in [-0.4, -0.2) is 24.0 Å². The van der Waals surface area contributed by atoms with Crippen LogP contribution in [-0.2, 0) is 4.79 Å². The molecule has 1 saturated carbocycles. The van der Waals surface area contributed by atoms with Crippen molar-refractivity contribution in [2.24, 2.45) is 11.7 Å². The number of carbonyl (C=O) groups excluding carboxylic acids is 1. The molecule has 1 amide bonds. The molecule has 1 aromatic carbocycles. The third-order valence-corrected chi connectivity index (χ3v) is 3.39. The van der Waals surface area contributed by atoms with Crippen LogP contribution in [0.25, 0.3) is 0 Å². The number of rotatable bonds is 6. The fraction of sp³-hybridized carbons (Fsp3) is 0.385. The number of carbonyl (C=O) groups is 1. The Morgan fingerprint density at radius 1 is 1.53 bits per heavy atom. The van der Waals surface area contributed by atoms with Gasteiger partial charge in [0.1, 0.15) is 10.7 Å². The summed E-state index contributed by atoms with van der Waals surface area (Å²) in [7, 11) is 0. The van der Waals surface area contributed by atoms with Crippen LogP contribution in [0.2, 0.25) is 5.02 Å². The van der Waals surface area contributed by atoms with Crippen molar-refractivity contribution in [2.45, 2.75) is 12.8 Å². The summed E-state index contributed by atoms with van der Waals surface area (Å²) in [5.41, 5.74) is 6.10. The summed E-state index contributed by atoms with van der Waals surface area (Å²) >= 11 is 10.9. The standard InChI is InChI=1S/C13H15ClN2O2S/c14-11-5-9(3-4-10(11)13(15)19)18-7-12(17)16-6-8-1-2-8/h3-5,8H,1-2,6-7H2,(H2,15,19)(H,16,17). The van der Waals surface area contributed by atoms with Crippen LogP contribution in [0.4, 0.5) is 0 Å². The fourth-order valence-corrected chi connectivity index (χ4v) is 2.07. The molecule has 1 aromatic rings. The fourth-order valence-electron chi connectivity index (χ4n) is 1.57. The Kier molecular flexibility index (Phi) is 4.61. The van der Waals surface area contributed by atoms with E-state index in [9.17, 15) is 4.79 Å². The van der Waals surface area contributed by atoms with Crippen molar-refractivity contribution < 1.29 is 9.53 Å². The van der Waals surface area contributed by atoms with Crippen LogP contribution in [0.5, 0.6) is 5.75 Å². The third-order valence-electron chi connectivity index (χ3n) is 2.86. The van der Waals surface area contributed by atoms with E-state index in [4.69, 9.17) is 34.3 Å². The zero-order chi connectivity index (χ0) is 13.8. The Labute approximate surface area is 122 Å². The highest BCUT2D eigenvalue weighted by atomic mass is 35.5. The largest absolute Gasteiger partial charge is 0.484 e. The number of amides is 1. The molecule has 4 nitrogen and oxygen atoms in total. The van der Waals surface area contributed by atoms with Gasteiger partial charge in [-0.1, -0.05) is 23.8 Å². The first-order valence-corrected chi connectivity index (χ1v) is 6.83. The van der Waals surface area contributed by atoms with Crippen LogP contribution in [0, 0.1) is 5.92 Å². The van der Waals surface area contributed by atoms with E-state index < -0.39 is 0 Å². The predicted octanol–water partition coefficient (Wildman–Crippen LogP) is 1.88. The van der Waals surface area contributed by atoms with Gasteiger partial charge >= 0.3 is 0 Å². The average Bonchev–Trinajstić information content (AvgIpc) is 3.17. The molecule has 0 unspecified atom stereocenters. The molecular formula is C13H15ClN2O2S. The molecule has 0 aliphatic heterocycles. The van der Waals surface area contributed by atoms with Gasteiger partial charge in [-0.15, -0.1) is 0 Å². The molecule has 0 atom stereocenters. The first kappa shape index (κ1) is 14.1. The van der Waals surface area contributed by atoms with Gasteiger partial charge in [-0.05, 0) is 37.0 Å². The molecule has 0 aromatic heterocycles. The van der Waals surface area contributed by atoms with E-state index in [1.807, 2.05) is 0 Å². The van der Waals surface area contributed by atoms with E-state index in [0.29, 0.717) is 22.3 Å². The van der Waals surface area contributed by atoms with Gasteiger partial charge in [-0.3, -0.25) is 4.79 Å². The van der Waals surface area contributed by atoms with Crippen molar-refractivity contribution in [1.29, 1.82) is 0 Å². The second-order valence-electron chi connectivity index (χ2n) is 4.54. The Morgan fingerprint density at radius 3 is 2.84 bits per heavy atom. The van der Waals surface area contributed by atoms with Crippen LogP contribution < -0.4 is 15.8 Å². The summed E-state index contributed by atoms with van der Waals surface area (Å²) in [6.45, 7) is 0.721. The van der Waals surface area contributed by atoms with Crippen molar-refractivity contribution in [3.63, 3.8) is 0 Å². The summed E-state index contributed by atoms with van der Waals surface area (Å²) in [5.74, 6) is 1.05. The molecule has 102 valence electrons.